The molecule has 4 heterocycles. The molecule has 390 valence electrons. The second-order valence-electron chi connectivity index (χ2n) is 27.1. The van der Waals surface area contributed by atoms with E-state index in [-0.39, 0.29) is 21.7 Å². The first-order valence-electron chi connectivity index (χ1n) is 28.3. The van der Waals surface area contributed by atoms with Crippen molar-refractivity contribution in [1.29, 1.82) is 0 Å². The molecule has 0 amide bonds. The maximum Gasteiger partial charge on any atom is 0.0812 e. The van der Waals surface area contributed by atoms with Gasteiger partial charge >= 0.3 is 0 Å². The van der Waals surface area contributed by atoms with Gasteiger partial charge in [-0.25, -0.2) is 0 Å². The number of aromatic nitrogens is 2. The van der Waals surface area contributed by atoms with Crippen LogP contribution in [0.5, 0.6) is 0 Å². The van der Waals surface area contributed by atoms with Crippen molar-refractivity contribution in [2.24, 2.45) is 0 Å². The number of hydrogen-bond donors (Lipinski definition) is 0. The Morgan fingerprint density at radius 2 is 0.564 bits per heavy atom. The molecular formula is C74H74N4. The number of benzene rings is 9. The van der Waals surface area contributed by atoms with E-state index in [2.05, 4.69) is 287 Å². The van der Waals surface area contributed by atoms with Gasteiger partial charge in [-0.1, -0.05) is 144 Å². The Morgan fingerprint density at radius 1 is 0.282 bits per heavy atom. The van der Waals surface area contributed by atoms with E-state index in [1.165, 1.54) is 132 Å². The summed E-state index contributed by atoms with van der Waals surface area (Å²) >= 11 is 0. The van der Waals surface area contributed by atoms with E-state index in [0.717, 1.165) is 22.7 Å². The fourth-order valence-corrected chi connectivity index (χ4v) is 12.9. The van der Waals surface area contributed by atoms with Gasteiger partial charge in [0.25, 0.3) is 0 Å². The maximum absolute atomic E-state index is 2.70. The number of anilines is 6. The number of fused-ring (bicyclic) bond motifs is 12. The third-order valence-electron chi connectivity index (χ3n) is 17.1. The summed E-state index contributed by atoms with van der Waals surface area (Å²) < 4.78 is 5.39. The molecule has 0 fully saturated rings. The predicted molar refractivity (Wildman–Crippen MR) is 339 cm³/mol. The Hall–Kier alpha value is -7.82. The average Bonchev–Trinajstić information content (AvgIpc) is 2.21. The SMILES string of the molecule is Cc1cccc(N(c2cccc(C)c2)c2c3c4cc(C(C)(C)C)cc5c6cc(C(C)(C)C)ccc6n(c3c(N(c3cccc(C)c3)c3cccc(C)c3)c3c6cc(C(C)(C)C)cc7c8cc(C(C)(C)C)ccc8n(c23)c76)c54)c1. The van der Waals surface area contributed by atoms with Crippen LogP contribution in [0.25, 0.3) is 76.2 Å². The van der Waals surface area contributed by atoms with E-state index >= 15 is 0 Å². The van der Waals surface area contributed by atoms with Crippen LogP contribution in [0.2, 0.25) is 0 Å². The normalized spacial score (nSPS) is 13.1. The van der Waals surface area contributed by atoms with Gasteiger partial charge in [0.15, 0.2) is 0 Å². The first-order valence-corrected chi connectivity index (χ1v) is 28.3. The van der Waals surface area contributed by atoms with E-state index in [1.807, 2.05) is 0 Å². The molecule has 13 aromatic rings. The fourth-order valence-electron chi connectivity index (χ4n) is 12.9. The minimum absolute atomic E-state index is 0.0448. The van der Waals surface area contributed by atoms with Crippen LogP contribution < -0.4 is 9.80 Å². The highest BCUT2D eigenvalue weighted by Crippen LogP contribution is 2.59. The van der Waals surface area contributed by atoms with Crippen LogP contribution in [0.4, 0.5) is 34.1 Å². The highest BCUT2D eigenvalue weighted by molar-refractivity contribution is 6.39. The highest BCUT2D eigenvalue weighted by Gasteiger charge is 2.37. The summed E-state index contributed by atoms with van der Waals surface area (Å²) in [6.45, 7) is 37.3. The molecule has 0 spiro atoms. The summed E-state index contributed by atoms with van der Waals surface area (Å²) in [7, 11) is 0. The smallest absolute Gasteiger partial charge is 0.0812 e. The van der Waals surface area contributed by atoms with Crippen molar-refractivity contribution in [3.8, 4) is 0 Å². The van der Waals surface area contributed by atoms with Crippen LogP contribution >= 0.6 is 0 Å². The molecular weight excluding hydrogens is 945 g/mol. The Bertz CT molecular complexity index is 4200. The minimum atomic E-state index is -0.154. The van der Waals surface area contributed by atoms with Crippen molar-refractivity contribution in [2.45, 2.75) is 132 Å². The zero-order chi connectivity index (χ0) is 54.9. The highest BCUT2D eigenvalue weighted by atomic mass is 15.2. The summed E-state index contributed by atoms with van der Waals surface area (Å²) in [6.07, 6.45) is 0. The van der Waals surface area contributed by atoms with Gasteiger partial charge in [-0.05, 0) is 191 Å². The molecule has 0 unspecified atom stereocenters. The van der Waals surface area contributed by atoms with Gasteiger partial charge in [0.1, 0.15) is 0 Å². The summed E-state index contributed by atoms with van der Waals surface area (Å²) in [5.74, 6) is 0. The third kappa shape index (κ3) is 7.53. The van der Waals surface area contributed by atoms with Crippen LogP contribution in [-0.4, -0.2) is 8.80 Å². The van der Waals surface area contributed by atoms with Crippen molar-refractivity contribution in [1.82, 2.24) is 8.80 Å². The molecule has 0 aliphatic rings. The molecule has 13 rings (SSSR count). The maximum atomic E-state index is 2.70. The fraction of sp³-hybridized carbons (Fsp3) is 0.270. The van der Waals surface area contributed by atoms with Crippen molar-refractivity contribution in [2.75, 3.05) is 9.80 Å². The quantitative estimate of drug-likeness (QED) is 0.154. The monoisotopic (exact) mass is 1020 g/mol. The van der Waals surface area contributed by atoms with Crippen LogP contribution in [0.1, 0.15) is 128 Å². The second kappa shape index (κ2) is 16.8. The second-order valence-corrected chi connectivity index (χ2v) is 27.1. The van der Waals surface area contributed by atoms with E-state index in [9.17, 15) is 0 Å². The van der Waals surface area contributed by atoms with Gasteiger partial charge in [-0.3, -0.25) is 0 Å². The molecule has 0 radical (unpaired) electrons. The summed E-state index contributed by atoms with van der Waals surface area (Å²) in [5, 5.41) is 10.1. The molecule has 0 atom stereocenters. The Balaban J connectivity index is 1.43. The third-order valence-corrected chi connectivity index (χ3v) is 17.1. The largest absolute Gasteiger partial charge is 0.308 e. The number of aryl methyl sites for hydroxylation is 4. The van der Waals surface area contributed by atoms with Crippen molar-refractivity contribution in [3.63, 3.8) is 0 Å². The lowest BCUT2D eigenvalue weighted by Gasteiger charge is -2.32. The number of hydrogen-bond acceptors (Lipinski definition) is 2. The summed E-state index contributed by atoms with van der Waals surface area (Å²) in [4.78, 5) is 5.26. The van der Waals surface area contributed by atoms with Crippen LogP contribution in [0, 0.1) is 27.7 Å². The van der Waals surface area contributed by atoms with Gasteiger partial charge in [-0.15, -0.1) is 0 Å². The molecule has 0 N–H and O–H groups in total. The van der Waals surface area contributed by atoms with E-state index in [4.69, 9.17) is 0 Å². The summed E-state index contributed by atoms with van der Waals surface area (Å²) in [6, 6.07) is 61.6. The van der Waals surface area contributed by atoms with E-state index in [0.29, 0.717) is 0 Å². The zero-order valence-electron chi connectivity index (χ0n) is 48.8. The molecule has 4 heteroatoms. The molecule has 4 nitrogen and oxygen atoms in total. The van der Waals surface area contributed by atoms with Gasteiger partial charge in [0, 0.05) is 65.8 Å². The van der Waals surface area contributed by atoms with Crippen LogP contribution in [0.15, 0.2) is 158 Å². The van der Waals surface area contributed by atoms with Crippen molar-refractivity contribution >= 4 is 110 Å². The van der Waals surface area contributed by atoms with Gasteiger partial charge < -0.3 is 18.6 Å². The molecule has 78 heavy (non-hydrogen) atoms. The van der Waals surface area contributed by atoms with Gasteiger partial charge in [0.05, 0.1) is 44.5 Å². The Morgan fingerprint density at radius 3 is 0.846 bits per heavy atom. The lowest BCUT2D eigenvalue weighted by molar-refractivity contribution is 0.590. The van der Waals surface area contributed by atoms with Crippen LogP contribution in [0.3, 0.4) is 0 Å². The molecule has 0 aliphatic heterocycles. The molecule has 4 aromatic heterocycles. The first kappa shape index (κ1) is 49.7. The Kier molecular flexibility index (Phi) is 10.7. The topological polar surface area (TPSA) is 15.3 Å². The molecule has 9 aromatic carbocycles. The predicted octanol–water partition coefficient (Wildman–Crippen LogP) is 21.4. The van der Waals surface area contributed by atoms with Gasteiger partial charge in [-0.2, -0.15) is 0 Å². The van der Waals surface area contributed by atoms with Crippen molar-refractivity contribution < 1.29 is 0 Å². The Labute approximate surface area is 461 Å². The van der Waals surface area contributed by atoms with Crippen LogP contribution in [-0.2, 0) is 21.7 Å². The zero-order valence-corrected chi connectivity index (χ0v) is 48.8. The number of rotatable bonds is 6. The first-order chi connectivity index (χ1) is 36.9. The molecule has 0 saturated carbocycles. The summed E-state index contributed by atoms with van der Waals surface area (Å²) in [5.41, 5.74) is 24.0. The van der Waals surface area contributed by atoms with Gasteiger partial charge in [0.2, 0.25) is 0 Å². The minimum Gasteiger partial charge on any atom is -0.308 e. The number of nitrogens with zero attached hydrogens (tertiary/aromatic N) is 4. The lowest BCUT2D eigenvalue weighted by Crippen LogP contribution is -2.15. The molecule has 0 saturated heterocycles. The average molecular weight is 1020 g/mol. The van der Waals surface area contributed by atoms with E-state index < -0.39 is 0 Å². The molecule has 0 aliphatic carbocycles. The van der Waals surface area contributed by atoms with E-state index in [1.54, 1.807) is 0 Å². The van der Waals surface area contributed by atoms with Crippen molar-refractivity contribution in [3.05, 3.63) is 202 Å². The molecule has 0 bridgehead atoms. The standard InChI is InChI=1S/C74H74N4/c1-43-21-17-25-51(33-43)75(52-26-18-22-44(2)34-52)67-63-59-41-49(73(11,12)13)39-57-56-38-48(72(8,9)10)30-32-62(56)78(65(57)59)70(63)68(76(53-27-19-23-45(3)35-53)54-28-20-24-46(4)36-54)64-60-42-50(74(14,15)16)40-58-55-37-47(71(5,6)7)29-31-61(55)77(66(58)60)69(64)67/h17-42H,1-16H3. The lowest BCUT2D eigenvalue weighted by atomic mass is 9.83.